The van der Waals surface area contributed by atoms with E-state index in [9.17, 15) is 4.79 Å². The molecular weight excluding hydrogens is 382 g/mol. The van der Waals surface area contributed by atoms with Crippen LogP contribution in [0.25, 0.3) is 0 Å². The SMILES string of the molecule is COc1ccc(CC(C)CNC(=NCC(=O)N(C)C)NCCN2CCOCC2)cc1. The van der Waals surface area contributed by atoms with E-state index in [-0.39, 0.29) is 12.5 Å². The van der Waals surface area contributed by atoms with E-state index in [2.05, 4.69) is 39.6 Å². The molecule has 1 amide bonds. The monoisotopic (exact) mass is 419 g/mol. The summed E-state index contributed by atoms with van der Waals surface area (Å²) in [6.07, 6.45) is 0.953. The van der Waals surface area contributed by atoms with E-state index >= 15 is 0 Å². The second-order valence-electron chi connectivity index (χ2n) is 7.87. The van der Waals surface area contributed by atoms with Gasteiger partial charge in [-0.25, -0.2) is 4.99 Å². The zero-order valence-corrected chi connectivity index (χ0v) is 18.8. The average Bonchev–Trinajstić information content (AvgIpc) is 2.76. The van der Waals surface area contributed by atoms with Crippen LogP contribution in [0.5, 0.6) is 5.75 Å². The van der Waals surface area contributed by atoms with Crippen LogP contribution in [-0.2, 0) is 16.0 Å². The Morgan fingerprint density at radius 2 is 1.93 bits per heavy atom. The highest BCUT2D eigenvalue weighted by Crippen LogP contribution is 2.14. The maximum absolute atomic E-state index is 11.9. The number of carbonyl (C=O) groups is 1. The van der Waals surface area contributed by atoms with Crippen LogP contribution in [0.3, 0.4) is 0 Å². The van der Waals surface area contributed by atoms with Crippen molar-refractivity contribution in [2.24, 2.45) is 10.9 Å². The molecule has 8 heteroatoms. The number of aliphatic imine (C=N–C) groups is 1. The lowest BCUT2D eigenvalue weighted by Gasteiger charge is -2.27. The smallest absolute Gasteiger partial charge is 0.243 e. The molecule has 0 aliphatic carbocycles. The molecule has 0 bridgehead atoms. The highest BCUT2D eigenvalue weighted by atomic mass is 16.5. The van der Waals surface area contributed by atoms with Gasteiger partial charge in [-0.3, -0.25) is 9.69 Å². The molecule has 30 heavy (non-hydrogen) atoms. The molecule has 8 nitrogen and oxygen atoms in total. The highest BCUT2D eigenvalue weighted by molar-refractivity contribution is 5.84. The molecule has 0 aromatic heterocycles. The summed E-state index contributed by atoms with van der Waals surface area (Å²) in [6.45, 7) is 8.30. The van der Waals surface area contributed by atoms with Crippen molar-refractivity contribution in [3.63, 3.8) is 0 Å². The molecule has 1 saturated heterocycles. The number of rotatable bonds is 10. The second-order valence-corrected chi connectivity index (χ2v) is 7.87. The number of hydrogen-bond acceptors (Lipinski definition) is 5. The number of methoxy groups -OCH3 is 1. The Kier molecular flexibility index (Phi) is 10.4. The number of hydrogen-bond donors (Lipinski definition) is 2. The van der Waals surface area contributed by atoms with Crippen LogP contribution in [0.15, 0.2) is 29.3 Å². The predicted octanol–water partition coefficient (Wildman–Crippen LogP) is 0.829. The topological polar surface area (TPSA) is 78.4 Å². The van der Waals surface area contributed by atoms with E-state index in [0.29, 0.717) is 11.9 Å². The lowest BCUT2D eigenvalue weighted by Crippen LogP contribution is -2.45. The van der Waals surface area contributed by atoms with Crippen molar-refractivity contribution < 1.29 is 14.3 Å². The third-order valence-corrected chi connectivity index (χ3v) is 5.06. The van der Waals surface area contributed by atoms with Gasteiger partial charge in [-0.15, -0.1) is 0 Å². The van der Waals surface area contributed by atoms with E-state index in [0.717, 1.165) is 58.1 Å². The molecule has 2 rings (SSSR count). The minimum absolute atomic E-state index is 0.0180. The lowest BCUT2D eigenvalue weighted by atomic mass is 10.0. The van der Waals surface area contributed by atoms with E-state index in [1.165, 1.54) is 5.56 Å². The van der Waals surface area contributed by atoms with Crippen molar-refractivity contribution in [2.75, 3.05) is 73.7 Å². The summed E-state index contributed by atoms with van der Waals surface area (Å²) in [5.74, 6) is 1.94. The first-order valence-electron chi connectivity index (χ1n) is 10.6. The van der Waals surface area contributed by atoms with Crippen molar-refractivity contribution in [2.45, 2.75) is 13.3 Å². The van der Waals surface area contributed by atoms with Crippen molar-refractivity contribution in [3.8, 4) is 5.75 Å². The molecule has 1 aliphatic heterocycles. The number of likely N-dealkylation sites (N-methyl/N-ethyl adjacent to an activating group) is 1. The van der Waals surface area contributed by atoms with Gasteiger partial charge in [-0.2, -0.15) is 0 Å². The van der Waals surface area contributed by atoms with Crippen LogP contribution in [0.2, 0.25) is 0 Å². The quantitative estimate of drug-likeness (QED) is 0.432. The summed E-state index contributed by atoms with van der Waals surface area (Å²) >= 11 is 0. The van der Waals surface area contributed by atoms with Crippen molar-refractivity contribution in [3.05, 3.63) is 29.8 Å². The Balaban J connectivity index is 1.83. The van der Waals surface area contributed by atoms with Gasteiger partial charge >= 0.3 is 0 Å². The summed E-state index contributed by atoms with van der Waals surface area (Å²) in [4.78, 5) is 20.3. The summed E-state index contributed by atoms with van der Waals surface area (Å²) in [5, 5.41) is 6.76. The van der Waals surface area contributed by atoms with Gasteiger partial charge in [0, 0.05) is 46.8 Å². The Labute approximate surface area is 180 Å². The van der Waals surface area contributed by atoms with Gasteiger partial charge in [0.25, 0.3) is 0 Å². The molecule has 1 aromatic carbocycles. The summed E-state index contributed by atoms with van der Waals surface area (Å²) in [7, 11) is 5.16. The Hall–Kier alpha value is -2.32. The summed E-state index contributed by atoms with van der Waals surface area (Å²) < 4.78 is 10.6. The molecule has 1 unspecified atom stereocenters. The van der Waals surface area contributed by atoms with Gasteiger partial charge in [0.2, 0.25) is 5.91 Å². The molecule has 1 fully saturated rings. The van der Waals surface area contributed by atoms with Gasteiger partial charge in [-0.1, -0.05) is 19.1 Å². The Bertz CT molecular complexity index is 657. The standard InChI is InChI=1S/C22H37N5O3/c1-18(15-19-5-7-20(29-4)8-6-19)16-24-22(25-17-21(28)26(2)3)23-9-10-27-11-13-30-14-12-27/h5-8,18H,9-17H2,1-4H3,(H2,23,24,25). The van der Waals surface area contributed by atoms with Gasteiger partial charge in [0.1, 0.15) is 12.3 Å². The van der Waals surface area contributed by atoms with Crippen LogP contribution >= 0.6 is 0 Å². The number of ether oxygens (including phenoxy) is 2. The van der Waals surface area contributed by atoms with Crippen LogP contribution in [-0.4, -0.2) is 95.4 Å². The number of carbonyl (C=O) groups excluding carboxylic acids is 1. The lowest BCUT2D eigenvalue weighted by molar-refractivity contribution is -0.127. The predicted molar refractivity (Wildman–Crippen MR) is 120 cm³/mol. The number of morpholine rings is 1. The molecular formula is C22H37N5O3. The van der Waals surface area contributed by atoms with Crippen molar-refractivity contribution in [1.82, 2.24) is 20.4 Å². The van der Waals surface area contributed by atoms with Crippen LogP contribution in [0, 0.1) is 5.92 Å². The third-order valence-electron chi connectivity index (χ3n) is 5.06. The van der Waals surface area contributed by atoms with Crippen LogP contribution < -0.4 is 15.4 Å². The zero-order chi connectivity index (χ0) is 21.8. The minimum atomic E-state index is -0.0180. The number of amides is 1. The molecule has 1 heterocycles. The molecule has 0 saturated carbocycles. The summed E-state index contributed by atoms with van der Waals surface area (Å²) in [6, 6.07) is 8.17. The molecule has 0 radical (unpaired) electrons. The molecule has 1 atom stereocenters. The maximum Gasteiger partial charge on any atom is 0.243 e. The van der Waals surface area contributed by atoms with Crippen molar-refractivity contribution >= 4 is 11.9 Å². The first-order valence-corrected chi connectivity index (χ1v) is 10.6. The largest absolute Gasteiger partial charge is 0.497 e. The first kappa shape index (κ1) is 24.0. The van der Waals surface area contributed by atoms with Crippen molar-refractivity contribution in [1.29, 1.82) is 0 Å². The zero-order valence-electron chi connectivity index (χ0n) is 18.8. The number of guanidine groups is 1. The maximum atomic E-state index is 11.9. The Morgan fingerprint density at radius 1 is 1.23 bits per heavy atom. The normalized spacial score (nSPS) is 16.1. The minimum Gasteiger partial charge on any atom is -0.497 e. The van der Waals surface area contributed by atoms with E-state index < -0.39 is 0 Å². The van der Waals surface area contributed by atoms with Gasteiger partial charge in [0.15, 0.2) is 5.96 Å². The fraction of sp³-hybridized carbons (Fsp3) is 0.636. The van der Waals surface area contributed by atoms with Gasteiger partial charge in [0.05, 0.1) is 20.3 Å². The van der Waals surface area contributed by atoms with Gasteiger partial charge in [-0.05, 0) is 30.0 Å². The van der Waals surface area contributed by atoms with Gasteiger partial charge < -0.3 is 25.0 Å². The van der Waals surface area contributed by atoms with E-state index in [1.807, 2.05) is 12.1 Å². The third kappa shape index (κ3) is 9.00. The number of nitrogens with one attached hydrogen (secondary N) is 2. The summed E-state index contributed by atoms with van der Waals surface area (Å²) in [5.41, 5.74) is 1.27. The average molecular weight is 420 g/mol. The molecule has 2 N–H and O–H groups in total. The molecule has 168 valence electrons. The first-order chi connectivity index (χ1) is 14.5. The Morgan fingerprint density at radius 3 is 2.57 bits per heavy atom. The van der Waals surface area contributed by atoms with E-state index in [1.54, 1.807) is 26.1 Å². The molecule has 1 aliphatic rings. The number of nitrogens with zero attached hydrogens (tertiary/aromatic N) is 3. The molecule has 0 spiro atoms. The second kappa shape index (κ2) is 13.1. The fourth-order valence-corrected chi connectivity index (χ4v) is 3.13. The molecule has 1 aromatic rings. The van der Waals surface area contributed by atoms with Crippen LogP contribution in [0.4, 0.5) is 0 Å². The van der Waals surface area contributed by atoms with Crippen LogP contribution in [0.1, 0.15) is 12.5 Å². The highest BCUT2D eigenvalue weighted by Gasteiger charge is 2.11. The van der Waals surface area contributed by atoms with E-state index in [4.69, 9.17) is 9.47 Å². The number of benzene rings is 1. The fourth-order valence-electron chi connectivity index (χ4n) is 3.13.